The molecule has 2 saturated heterocycles. The topological polar surface area (TPSA) is 50.8 Å². The zero-order valence-electron chi connectivity index (χ0n) is 16.0. The predicted octanol–water partition coefficient (Wildman–Crippen LogP) is 1.98. The molecular formula is C18H27BClFN2O3. The number of hydrogen-bond acceptors (Lipinski definition) is 4. The summed E-state index contributed by atoms with van der Waals surface area (Å²) in [4.78, 5) is 14.5. The Morgan fingerprint density at radius 1 is 1.23 bits per heavy atom. The Hall–Kier alpha value is -1.15. The van der Waals surface area contributed by atoms with E-state index in [1.807, 2.05) is 34.6 Å². The van der Waals surface area contributed by atoms with Gasteiger partial charge in [0.05, 0.1) is 11.2 Å². The summed E-state index contributed by atoms with van der Waals surface area (Å²) in [7, 11) is -0.686. The van der Waals surface area contributed by atoms with Crippen LogP contribution in [-0.2, 0) is 9.31 Å². The number of halogens is 2. The first-order valence-electron chi connectivity index (χ1n) is 8.78. The van der Waals surface area contributed by atoms with E-state index in [2.05, 4.69) is 5.32 Å². The molecule has 0 aliphatic carbocycles. The van der Waals surface area contributed by atoms with Crippen LogP contribution in [0.15, 0.2) is 18.2 Å². The summed E-state index contributed by atoms with van der Waals surface area (Å²) in [6.45, 7) is 11.8. The maximum atomic E-state index is 14.2. The second-order valence-corrected chi connectivity index (χ2v) is 7.97. The highest BCUT2D eigenvalue weighted by molar-refractivity contribution is 6.62. The van der Waals surface area contributed by atoms with Gasteiger partial charge in [0.15, 0.2) is 0 Å². The van der Waals surface area contributed by atoms with Crippen molar-refractivity contribution in [3.8, 4) is 0 Å². The summed E-state index contributed by atoms with van der Waals surface area (Å²) < 4.78 is 26.1. The third-order valence-electron chi connectivity index (χ3n) is 5.35. The van der Waals surface area contributed by atoms with Crippen LogP contribution in [0.5, 0.6) is 0 Å². The fourth-order valence-electron chi connectivity index (χ4n) is 3.15. The Balaban J connectivity index is 0.00000243. The van der Waals surface area contributed by atoms with Crippen LogP contribution in [0.2, 0.25) is 0 Å². The molecule has 1 amide bonds. The lowest BCUT2D eigenvalue weighted by molar-refractivity contribution is 0.00578. The normalized spacial score (nSPS) is 24.3. The molecule has 5 nitrogen and oxygen atoms in total. The minimum Gasteiger partial charge on any atom is -0.399 e. The molecule has 3 rings (SSSR count). The van der Waals surface area contributed by atoms with Gasteiger partial charge in [0.25, 0.3) is 5.91 Å². The Morgan fingerprint density at radius 2 is 1.85 bits per heavy atom. The zero-order valence-corrected chi connectivity index (χ0v) is 16.8. The Morgan fingerprint density at radius 3 is 2.42 bits per heavy atom. The number of hydrogen-bond donors (Lipinski definition) is 1. The highest BCUT2D eigenvalue weighted by Gasteiger charge is 2.51. The van der Waals surface area contributed by atoms with Gasteiger partial charge in [-0.05, 0) is 58.3 Å². The molecule has 0 unspecified atom stereocenters. The number of carbonyl (C=O) groups excluding carboxylic acids is 1. The SMILES string of the molecule is C[C@H]1CN(C(=O)c2cc(F)cc(B3OC(C)(C)C(C)(C)O3)c2)CCN1.Cl. The molecular weight excluding hydrogens is 357 g/mol. The lowest BCUT2D eigenvalue weighted by Gasteiger charge is -2.32. The first kappa shape index (κ1) is 21.2. The molecule has 8 heteroatoms. The van der Waals surface area contributed by atoms with Gasteiger partial charge < -0.3 is 19.5 Å². The van der Waals surface area contributed by atoms with Crippen LogP contribution in [0.4, 0.5) is 4.39 Å². The Labute approximate surface area is 161 Å². The van der Waals surface area contributed by atoms with Crippen molar-refractivity contribution < 1.29 is 18.5 Å². The van der Waals surface area contributed by atoms with Gasteiger partial charge in [-0.1, -0.05) is 0 Å². The van der Waals surface area contributed by atoms with E-state index < -0.39 is 24.1 Å². The third-order valence-corrected chi connectivity index (χ3v) is 5.35. The maximum absolute atomic E-state index is 14.2. The average Bonchev–Trinajstić information content (AvgIpc) is 2.74. The zero-order chi connectivity index (χ0) is 18.4. The molecule has 0 bridgehead atoms. The summed E-state index contributed by atoms with van der Waals surface area (Å²) in [5, 5.41) is 3.30. The van der Waals surface area contributed by atoms with Crippen LogP contribution < -0.4 is 10.8 Å². The van der Waals surface area contributed by atoms with Gasteiger partial charge in [0.2, 0.25) is 0 Å². The van der Waals surface area contributed by atoms with Crippen LogP contribution in [0.3, 0.4) is 0 Å². The van der Waals surface area contributed by atoms with Crippen LogP contribution >= 0.6 is 12.4 Å². The van der Waals surface area contributed by atoms with Gasteiger partial charge in [-0.2, -0.15) is 0 Å². The standard InChI is InChI=1S/C18H26BFN2O3.ClH/c1-12-11-22(7-6-21-12)16(23)13-8-14(10-15(20)9-13)19-24-17(2,3)18(4,5)25-19;/h8-10,12,21H,6-7,11H2,1-5H3;1H/t12-;/m0./s1. The predicted molar refractivity (Wildman–Crippen MR) is 103 cm³/mol. The molecule has 26 heavy (non-hydrogen) atoms. The third kappa shape index (κ3) is 4.06. The van der Waals surface area contributed by atoms with Crippen LogP contribution in [0.1, 0.15) is 45.0 Å². The van der Waals surface area contributed by atoms with E-state index in [1.165, 1.54) is 12.1 Å². The van der Waals surface area contributed by atoms with Gasteiger partial charge in [0.1, 0.15) is 5.82 Å². The van der Waals surface area contributed by atoms with Crippen molar-refractivity contribution in [2.75, 3.05) is 19.6 Å². The number of piperazine rings is 1. The van der Waals surface area contributed by atoms with Crippen molar-refractivity contribution in [1.82, 2.24) is 10.2 Å². The van der Waals surface area contributed by atoms with Crippen molar-refractivity contribution in [2.24, 2.45) is 0 Å². The molecule has 2 aliphatic rings. The van der Waals surface area contributed by atoms with Gasteiger partial charge >= 0.3 is 7.12 Å². The van der Waals surface area contributed by atoms with Crippen molar-refractivity contribution in [2.45, 2.75) is 51.9 Å². The molecule has 0 spiro atoms. The molecule has 144 valence electrons. The van der Waals surface area contributed by atoms with Crippen molar-refractivity contribution in [3.05, 3.63) is 29.6 Å². The minimum atomic E-state index is -0.686. The quantitative estimate of drug-likeness (QED) is 0.792. The molecule has 1 aromatic carbocycles. The van der Waals surface area contributed by atoms with Crippen molar-refractivity contribution in [1.29, 1.82) is 0 Å². The molecule has 2 aliphatic heterocycles. The first-order chi connectivity index (χ1) is 11.6. The summed E-state index contributed by atoms with van der Waals surface area (Å²) in [5.74, 6) is -0.621. The van der Waals surface area contributed by atoms with E-state index in [-0.39, 0.29) is 24.4 Å². The lowest BCUT2D eigenvalue weighted by atomic mass is 9.78. The smallest absolute Gasteiger partial charge is 0.399 e. The molecule has 1 atom stereocenters. The fraction of sp³-hybridized carbons (Fsp3) is 0.611. The number of carbonyl (C=O) groups is 1. The molecule has 0 radical (unpaired) electrons. The van der Waals surface area contributed by atoms with Crippen molar-refractivity contribution >= 4 is 30.9 Å². The second kappa shape index (κ2) is 7.47. The second-order valence-electron chi connectivity index (χ2n) is 7.97. The van der Waals surface area contributed by atoms with E-state index in [0.29, 0.717) is 24.1 Å². The maximum Gasteiger partial charge on any atom is 0.494 e. The van der Waals surface area contributed by atoms with Gasteiger partial charge in [-0.25, -0.2) is 4.39 Å². The molecule has 0 aromatic heterocycles. The number of nitrogens with zero attached hydrogens (tertiary/aromatic N) is 1. The number of benzene rings is 1. The summed E-state index contributed by atoms with van der Waals surface area (Å²) in [6.07, 6.45) is 0. The molecule has 0 saturated carbocycles. The summed E-state index contributed by atoms with van der Waals surface area (Å²) >= 11 is 0. The largest absolute Gasteiger partial charge is 0.494 e. The van der Waals surface area contributed by atoms with E-state index in [4.69, 9.17) is 9.31 Å². The minimum absolute atomic E-state index is 0. The van der Waals surface area contributed by atoms with Gasteiger partial charge in [-0.3, -0.25) is 4.79 Å². The highest BCUT2D eigenvalue weighted by atomic mass is 35.5. The molecule has 2 fully saturated rings. The van der Waals surface area contributed by atoms with Crippen LogP contribution in [-0.4, -0.2) is 54.8 Å². The Bertz CT molecular complexity index is 670. The van der Waals surface area contributed by atoms with Gasteiger partial charge in [-0.15, -0.1) is 12.4 Å². The highest BCUT2D eigenvalue weighted by Crippen LogP contribution is 2.36. The van der Waals surface area contributed by atoms with Crippen molar-refractivity contribution in [3.63, 3.8) is 0 Å². The van der Waals surface area contributed by atoms with Crippen LogP contribution in [0.25, 0.3) is 0 Å². The monoisotopic (exact) mass is 384 g/mol. The van der Waals surface area contributed by atoms with E-state index >= 15 is 0 Å². The van der Waals surface area contributed by atoms with Gasteiger partial charge in [0, 0.05) is 31.2 Å². The fourth-order valence-corrected chi connectivity index (χ4v) is 3.15. The average molecular weight is 385 g/mol. The summed E-state index contributed by atoms with van der Waals surface area (Å²) in [6, 6.07) is 4.57. The van der Waals surface area contributed by atoms with E-state index in [1.54, 1.807) is 11.0 Å². The Kier molecular flexibility index (Phi) is 6.08. The van der Waals surface area contributed by atoms with E-state index in [9.17, 15) is 9.18 Å². The number of rotatable bonds is 2. The molecule has 1 aromatic rings. The van der Waals surface area contributed by atoms with E-state index in [0.717, 1.165) is 6.54 Å². The first-order valence-corrected chi connectivity index (χ1v) is 8.78. The molecule has 1 N–H and O–H groups in total. The lowest BCUT2D eigenvalue weighted by Crippen LogP contribution is -2.51. The van der Waals surface area contributed by atoms with Crippen LogP contribution in [0, 0.1) is 5.82 Å². The number of amides is 1. The number of nitrogens with one attached hydrogen (secondary N) is 1. The molecule has 2 heterocycles. The summed E-state index contributed by atoms with van der Waals surface area (Å²) in [5.41, 5.74) is -0.159.